The lowest BCUT2D eigenvalue weighted by Gasteiger charge is -2.06. The molecule has 0 bridgehead atoms. The molecule has 0 aliphatic heterocycles. The molecule has 0 spiro atoms. The molecule has 1 N–H and O–H groups in total. The highest BCUT2D eigenvalue weighted by atomic mass is 19.1. The van der Waals surface area contributed by atoms with Crippen molar-refractivity contribution in [2.24, 2.45) is 0 Å². The van der Waals surface area contributed by atoms with Crippen LogP contribution in [0.15, 0.2) is 47.1 Å². The second-order valence-electron chi connectivity index (χ2n) is 5.77. The van der Waals surface area contributed by atoms with Crippen LogP contribution in [-0.2, 0) is 17.6 Å². The number of furan rings is 1. The molecule has 0 fully saturated rings. The van der Waals surface area contributed by atoms with E-state index in [-0.39, 0.29) is 18.9 Å². The Morgan fingerprint density at radius 3 is 2.75 bits per heavy atom. The summed E-state index contributed by atoms with van der Waals surface area (Å²) in [4.78, 5) is 12.0. The van der Waals surface area contributed by atoms with Gasteiger partial charge in [-0.05, 0) is 36.6 Å². The Hall–Kier alpha value is -2.69. The molecular weight excluding hydrogens is 312 g/mol. The van der Waals surface area contributed by atoms with Gasteiger partial charge in [0, 0.05) is 23.6 Å². The average molecular weight is 329 g/mol. The lowest BCUT2D eigenvalue weighted by molar-refractivity contribution is -0.120. The van der Waals surface area contributed by atoms with Crippen molar-refractivity contribution in [3.63, 3.8) is 0 Å². The van der Waals surface area contributed by atoms with Gasteiger partial charge in [-0.2, -0.15) is 0 Å². The summed E-state index contributed by atoms with van der Waals surface area (Å²) in [6, 6.07) is 9.27. The third kappa shape index (κ3) is 3.62. The first-order valence-electron chi connectivity index (χ1n) is 7.70. The molecule has 0 saturated carbocycles. The van der Waals surface area contributed by atoms with E-state index in [1.165, 1.54) is 12.1 Å². The van der Waals surface area contributed by atoms with Gasteiger partial charge >= 0.3 is 0 Å². The van der Waals surface area contributed by atoms with Crippen LogP contribution in [0.1, 0.15) is 16.7 Å². The number of carbonyl (C=O) groups is 1. The third-order valence-electron chi connectivity index (χ3n) is 3.89. The molecule has 2 aromatic carbocycles. The van der Waals surface area contributed by atoms with Crippen molar-refractivity contribution in [3.8, 4) is 0 Å². The molecule has 0 unspecified atom stereocenters. The molecule has 24 heavy (non-hydrogen) atoms. The Kier molecular flexibility index (Phi) is 4.60. The summed E-state index contributed by atoms with van der Waals surface area (Å²) in [7, 11) is 0. The summed E-state index contributed by atoms with van der Waals surface area (Å²) in [6.45, 7) is 2.26. The summed E-state index contributed by atoms with van der Waals surface area (Å²) in [6.07, 6.45) is 2.09. The van der Waals surface area contributed by atoms with E-state index in [1.807, 2.05) is 25.1 Å². The van der Waals surface area contributed by atoms with Crippen LogP contribution in [0.25, 0.3) is 11.0 Å². The molecule has 3 aromatic rings. The maximum atomic E-state index is 13.5. The first kappa shape index (κ1) is 16.2. The SMILES string of the molecule is Cc1ccc2c(CC(=O)NCCc3ccc(F)cc3F)coc2c1. The van der Waals surface area contributed by atoms with E-state index in [9.17, 15) is 13.6 Å². The second-order valence-corrected chi connectivity index (χ2v) is 5.77. The van der Waals surface area contributed by atoms with E-state index in [4.69, 9.17) is 4.42 Å². The van der Waals surface area contributed by atoms with E-state index in [0.29, 0.717) is 12.0 Å². The molecule has 0 aliphatic rings. The van der Waals surface area contributed by atoms with Crippen molar-refractivity contribution in [3.05, 3.63) is 71.0 Å². The summed E-state index contributed by atoms with van der Waals surface area (Å²) in [5.41, 5.74) is 3.04. The molecule has 3 nitrogen and oxygen atoms in total. The summed E-state index contributed by atoms with van der Waals surface area (Å²) in [5.74, 6) is -1.37. The quantitative estimate of drug-likeness (QED) is 0.771. The first-order valence-corrected chi connectivity index (χ1v) is 7.70. The average Bonchev–Trinajstić information content (AvgIpc) is 2.91. The van der Waals surface area contributed by atoms with Gasteiger partial charge in [0.2, 0.25) is 5.91 Å². The van der Waals surface area contributed by atoms with Crippen LogP contribution in [0.5, 0.6) is 0 Å². The molecule has 0 radical (unpaired) electrons. The molecule has 5 heteroatoms. The zero-order valence-electron chi connectivity index (χ0n) is 13.2. The molecule has 0 saturated heterocycles. The van der Waals surface area contributed by atoms with Gasteiger partial charge in [-0.15, -0.1) is 0 Å². The van der Waals surface area contributed by atoms with E-state index >= 15 is 0 Å². The largest absolute Gasteiger partial charge is 0.464 e. The maximum absolute atomic E-state index is 13.5. The predicted molar refractivity (Wildman–Crippen MR) is 87.7 cm³/mol. The molecule has 1 aromatic heterocycles. The van der Waals surface area contributed by atoms with E-state index < -0.39 is 11.6 Å². The van der Waals surface area contributed by atoms with Crippen molar-refractivity contribution < 1.29 is 18.0 Å². The molecule has 0 atom stereocenters. The fraction of sp³-hybridized carbons (Fsp3) is 0.211. The summed E-state index contributed by atoms with van der Waals surface area (Å²) < 4.78 is 31.8. The minimum atomic E-state index is -0.609. The Bertz CT molecular complexity index is 886. The van der Waals surface area contributed by atoms with Crippen LogP contribution < -0.4 is 5.32 Å². The molecule has 0 aliphatic carbocycles. The monoisotopic (exact) mass is 329 g/mol. The Labute approximate surface area is 138 Å². The number of aryl methyl sites for hydroxylation is 1. The number of hydrogen-bond donors (Lipinski definition) is 1. The van der Waals surface area contributed by atoms with E-state index in [0.717, 1.165) is 28.2 Å². The standard InChI is InChI=1S/C19H17F2NO2/c1-12-2-5-16-14(11-24-18(16)8-12)9-19(23)22-7-6-13-3-4-15(20)10-17(13)21/h2-5,8,10-11H,6-7,9H2,1H3,(H,22,23). The first-order chi connectivity index (χ1) is 11.5. The van der Waals surface area contributed by atoms with Gasteiger partial charge in [0.15, 0.2) is 0 Å². The minimum Gasteiger partial charge on any atom is -0.464 e. The third-order valence-corrected chi connectivity index (χ3v) is 3.89. The van der Waals surface area contributed by atoms with Gasteiger partial charge in [0.05, 0.1) is 12.7 Å². The van der Waals surface area contributed by atoms with Gasteiger partial charge in [0.25, 0.3) is 0 Å². The number of hydrogen-bond acceptors (Lipinski definition) is 2. The van der Waals surface area contributed by atoms with Crippen LogP contribution in [0.3, 0.4) is 0 Å². The van der Waals surface area contributed by atoms with Gasteiger partial charge in [-0.25, -0.2) is 8.78 Å². The molecule has 124 valence electrons. The van der Waals surface area contributed by atoms with Gasteiger partial charge in [0.1, 0.15) is 17.2 Å². The fourth-order valence-corrected chi connectivity index (χ4v) is 2.62. The lowest BCUT2D eigenvalue weighted by atomic mass is 10.1. The summed E-state index contributed by atoms with van der Waals surface area (Å²) >= 11 is 0. The van der Waals surface area contributed by atoms with Crippen LogP contribution in [0.2, 0.25) is 0 Å². The maximum Gasteiger partial charge on any atom is 0.224 e. The topological polar surface area (TPSA) is 42.2 Å². The molecule has 1 heterocycles. The highest BCUT2D eigenvalue weighted by Crippen LogP contribution is 2.22. The van der Waals surface area contributed by atoms with Crippen LogP contribution in [0, 0.1) is 18.6 Å². The number of rotatable bonds is 5. The Balaban J connectivity index is 1.57. The highest BCUT2D eigenvalue weighted by Gasteiger charge is 2.11. The number of halogens is 2. The number of nitrogens with one attached hydrogen (secondary N) is 1. The Morgan fingerprint density at radius 2 is 1.96 bits per heavy atom. The van der Waals surface area contributed by atoms with Crippen LogP contribution in [-0.4, -0.2) is 12.5 Å². The van der Waals surface area contributed by atoms with E-state index in [2.05, 4.69) is 5.32 Å². The molecular formula is C19H17F2NO2. The van der Waals surface area contributed by atoms with Crippen molar-refractivity contribution in [2.75, 3.05) is 6.54 Å². The van der Waals surface area contributed by atoms with Gasteiger partial charge in [-0.3, -0.25) is 4.79 Å². The van der Waals surface area contributed by atoms with Crippen LogP contribution >= 0.6 is 0 Å². The summed E-state index contributed by atoms with van der Waals surface area (Å²) in [5, 5.41) is 3.66. The highest BCUT2D eigenvalue weighted by molar-refractivity contribution is 5.87. The number of fused-ring (bicyclic) bond motifs is 1. The number of carbonyl (C=O) groups excluding carboxylic acids is 1. The van der Waals surface area contributed by atoms with Gasteiger partial charge in [-0.1, -0.05) is 18.2 Å². The smallest absolute Gasteiger partial charge is 0.224 e. The van der Waals surface area contributed by atoms with Crippen LogP contribution in [0.4, 0.5) is 8.78 Å². The molecule has 1 amide bonds. The van der Waals surface area contributed by atoms with Crippen molar-refractivity contribution in [1.82, 2.24) is 5.32 Å². The second kappa shape index (κ2) is 6.83. The predicted octanol–water partition coefficient (Wildman–Crippen LogP) is 3.92. The normalized spacial score (nSPS) is 11.0. The van der Waals surface area contributed by atoms with Crippen molar-refractivity contribution >= 4 is 16.9 Å². The fourth-order valence-electron chi connectivity index (χ4n) is 2.62. The number of benzene rings is 2. The number of amides is 1. The Morgan fingerprint density at radius 1 is 1.12 bits per heavy atom. The lowest BCUT2D eigenvalue weighted by Crippen LogP contribution is -2.27. The van der Waals surface area contributed by atoms with E-state index in [1.54, 1.807) is 6.26 Å². The zero-order valence-corrected chi connectivity index (χ0v) is 13.2. The zero-order chi connectivity index (χ0) is 17.1. The van der Waals surface area contributed by atoms with Gasteiger partial charge < -0.3 is 9.73 Å². The molecule has 3 rings (SSSR count). The minimum absolute atomic E-state index is 0.166. The van der Waals surface area contributed by atoms with Crippen molar-refractivity contribution in [2.45, 2.75) is 19.8 Å². The van der Waals surface area contributed by atoms with Crippen molar-refractivity contribution in [1.29, 1.82) is 0 Å².